The number of fused-ring (bicyclic) bond motifs is 1. The van der Waals surface area contributed by atoms with E-state index in [4.69, 9.17) is 14.5 Å². The van der Waals surface area contributed by atoms with Crippen molar-refractivity contribution in [3.8, 4) is 5.75 Å². The molecule has 0 fully saturated rings. The van der Waals surface area contributed by atoms with Crippen molar-refractivity contribution in [2.45, 2.75) is 46.8 Å². The molecule has 0 aliphatic carbocycles. The van der Waals surface area contributed by atoms with Gasteiger partial charge in [0.05, 0.1) is 30.3 Å². The highest BCUT2D eigenvalue weighted by Crippen LogP contribution is 2.45. The van der Waals surface area contributed by atoms with Gasteiger partial charge in [-0.15, -0.1) is 0 Å². The van der Waals surface area contributed by atoms with Crippen molar-refractivity contribution in [3.63, 3.8) is 0 Å². The smallest absolute Gasteiger partial charge is 0.338 e. The Morgan fingerprint density at radius 3 is 2.51 bits per heavy atom. The van der Waals surface area contributed by atoms with E-state index in [0.717, 1.165) is 22.0 Å². The van der Waals surface area contributed by atoms with Gasteiger partial charge in [-0.1, -0.05) is 54.2 Å². The third-order valence-electron chi connectivity index (χ3n) is 6.37. The molecule has 1 unspecified atom stereocenters. The maximum absolute atomic E-state index is 13.2. The fourth-order valence-electron chi connectivity index (χ4n) is 4.51. The lowest BCUT2D eigenvalue weighted by Gasteiger charge is -2.36. The van der Waals surface area contributed by atoms with Gasteiger partial charge in [0, 0.05) is 18.8 Å². The summed E-state index contributed by atoms with van der Waals surface area (Å²) in [4.78, 5) is 34.8. The van der Waals surface area contributed by atoms with Crippen molar-refractivity contribution in [1.29, 1.82) is 0 Å². The zero-order chi connectivity index (χ0) is 26.4. The molecule has 4 rings (SSSR count). The Hall–Kier alpha value is -3.52. The highest BCUT2D eigenvalue weighted by molar-refractivity contribution is 8.16. The van der Waals surface area contributed by atoms with Gasteiger partial charge >= 0.3 is 5.97 Å². The normalized spacial score (nSPS) is 16.6. The molecule has 2 heterocycles. The van der Waals surface area contributed by atoms with Crippen LogP contribution in [0.2, 0.25) is 0 Å². The average Bonchev–Trinajstić information content (AvgIpc) is 3.30. The van der Waals surface area contributed by atoms with E-state index in [2.05, 4.69) is 0 Å². The van der Waals surface area contributed by atoms with Gasteiger partial charge in [-0.3, -0.25) is 4.79 Å². The van der Waals surface area contributed by atoms with Gasteiger partial charge in [-0.2, -0.15) is 0 Å². The standard InChI is InChI=1S/C29H33N3O4S/c1-5-31(6-2)25(33)17-23-19-37-29-30-20(4)26(28(34)35-7-3)27(32(23)29)22-14-11-15-24(16-22)36-18-21-12-9-8-10-13-21/h8-16,19,27H,5-7,17-18H2,1-4H3. The van der Waals surface area contributed by atoms with Crippen molar-refractivity contribution >= 4 is 28.8 Å². The van der Waals surface area contributed by atoms with Gasteiger partial charge in [0.2, 0.25) is 5.91 Å². The van der Waals surface area contributed by atoms with Crippen LogP contribution in [-0.4, -0.2) is 46.5 Å². The lowest BCUT2D eigenvalue weighted by molar-refractivity contribution is -0.139. The molecule has 0 aromatic heterocycles. The third kappa shape index (κ3) is 5.91. The Balaban J connectivity index is 1.69. The van der Waals surface area contributed by atoms with Gasteiger partial charge in [-0.05, 0) is 56.4 Å². The molecule has 0 N–H and O–H groups in total. The van der Waals surface area contributed by atoms with Crippen molar-refractivity contribution in [2.24, 2.45) is 4.99 Å². The van der Waals surface area contributed by atoms with Crippen LogP contribution >= 0.6 is 11.8 Å². The molecular weight excluding hydrogens is 486 g/mol. The number of amides is 1. The fourth-order valence-corrected chi connectivity index (χ4v) is 5.48. The Morgan fingerprint density at radius 2 is 1.81 bits per heavy atom. The Bertz CT molecular complexity index is 1230. The zero-order valence-electron chi connectivity index (χ0n) is 21.8. The van der Waals surface area contributed by atoms with E-state index in [1.165, 1.54) is 11.8 Å². The maximum atomic E-state index is 13.2. The summed E-state index contributed by atoms with van der Waals surface area (Å²) in [7, 11) is 0. The number of nitrogens with zero attached hydrogens (tertiary/aromatic N) is 3. The number of hydrogen-bond donors (Lipinski definition) is 0. The predicted molar refractivity (Wildman–Crippen MR) is 147 cm³/mol. The molecule has 37 heavy (non-hydrogen) atoms. The molecule has 0 bridgehead atoms. The van der Waals surface area contributed by atoms with Crippen LogP contribution in [0.15, 0.2) is 82.0 Å². The first-order valence-electron chi connectivity index (χ1n) is 12.6. The number of rotatable bonds is 10. The van der Waals surface area contributed by atoms with Gasteiger partial charge in [0.1, 0.15) is 12.4 Å². The second-order valence-corrected chi connectivity index (χ2v) is 9.54. The first-order valence-corrected chi connectivity index (χ1v) is 13.5. The number of carbonyl (C=O) groups is 2. The van der Waals surface area contributed by atoms with Crippen LogP contribution in [0.4, 0.5) is 0 Å². The van der Waals surface area contributed by atoms with E-state index in [1.807, 2.05) is 90.6 Å². The number of thioether (sulfide) groups is 1. The van der Waals surface area contributed by atoms with Crippen molar-refractivity contribution in [1.82, 2.24) is 9.80 Å². The molecule has 0 radical (unpaired) electrons. The Kier molecular flexibility index (Phi) is 8.71. The van der Waals surface area contributed by atoms with Crippen LogP contribution in [0.1, 0.15) is 51.3 Å². The van der Waals surface area contributed by atoms with Crippen LogP contribution in [0, 0.1) is 0 Å². The zero-order valence-corrected chi connectivity index (χ0v) is 22.6. The molecule has 2 aromatic carbocycles. The van der Waals surface area contributed by atoms with Gasteiger partial charge in [0.25, 0.3) is 0 Å². The van der Waals surface area contributed by atoms with Crippen LogP contribution in [0.3, 0.4) is 0 Å². The predicted octanol–water partition coefficient (Wildman–Crippen LogP) is 5.66. The van der Waals surface area contributed by atoms with Gasteiger partial charge < -0.3 is 19.3 Å². The monoisotopic (exact) mass is 519 g/mol. The number of benzene rings is 2. The van der Waals surface area contributed by atoms with Crippen LogP contribution in [0.5, 0.6) is 5.75 Å². The SMILES string of the molecule is CCOC(=O)C1=C(C)N=C2SC=C(CC(=O)N(CC)CC)N2C1c1cccc(OCc2ccccc2)c1. The molecule has 0 saturated carbocycles. The minimum absolute atomic E-state index is 0.0424. The van der Waals surface area contributed by atoms with E-state index in [-0.39, 0.29) is 18.9 Å². The van der Waals surface area contributed by atoms with Crippen molar-refractivity contribution in [3.05, 3.63) is 88.1 Å². The summed E-state index contributed by atoms with van der Waals surface area (Å²) in [5.41, 5.74) is 3.83. The first-order chi connectivity index (χ1) is 18.0. The first kappa shape index (κ1) is 26.5. The quantitative estimate of drug-likeness (QED) is 0.377. The largest absolute Gasteiger partial charge is 0.489 e. The van der Waals surface area contributed by atoms with E-state index < -0.39 is 12.0 Å². The summed E-state index contributed by atoms with van der Waals surface area (Å²) >= 11 is 1.47. The summed E-state index contributed by atoms with van der Waals surface area (Å²) in [6.07, 6.45) is 0.226. The number of aliphatic imine (C=N–C) groups is 1. The molecule has 0 spiro atoms. The summed E-state index contributed by atoms with van der Waals surface area (Å²) < 4.78 is 11.5. The van der Waals surface area contributed by atoms with Crippen LogP contribution in [0.25, 0.3) is 0 Å². The lowest BCUT2D eigenvalue weighted by atomic mass is 9.93. The van der Waals surface area contributed by atoms with Gasteiger partial charge in [-0.25, -0.2) is 9.79 Å². The number of esters is 1. The molecule has 2 aliphatic heterocycles. The molecule has 8 heteroatoms. The molecule has 1 atom stereocenters. The van der Waals surface area contributed by atoms with Crippen LogP contribution < -0.4 is 4.74 Å². The molecule has 7 nitrogen and oxygen atoms in total. The minimum Gasteiger partial charge on any atom is -0.489 e. The lowest BCUT2D eigenvalue weighted by Crippen LogP contribution is -2.38. The number of ether oxygens (including phenoxy) is 2. The summed E-state index contributed by atoms with van der Waals surface area (Å²) in [6.45, 7) is 9.56. The maximum Gasteiger partial charge on any atom is 0.338 e. The van der Waals surface area contributed by atoms with E-state index in [1.54, 1.807) is 6.92 Å². The third-order valence-corrected chi connectivity index (χ3v) is 7.26. The molecule has 0 saturated heterocycles. The Morgan fingerprint density at radius 1 is 1.05 bits per heavy atom. The molecular formula is C29H33N3O4S. The van der Waals surface area contributed by atoms with E-state index in [0.29, 0.717) is 36.7 Å². The topological polar surface area (TPSA) is 71.4 Å². The second kappa shape index (κ2) is 12.1. The fraction of sp³-hybridized carbons (Fsp3) is 0.345. The molecule has 2 aliphatic rings. The molecule has 194 valence electrons. The summed E-state index contributed by atoms with van der Waals surface area (Å²) in [5, 5.41) is 2.71. The Labute approximate surface area is 222 Å². The highest BCUT2D eigenvalue weighted by atomic mass is 32.2. The minimum atomic E-state index is -0.488. The number of amidine groups is 1. The molecule has 2 aromatic rings. The van der Waals surface area contributed by atoms with Crippen LogP contribution in [-0.2, 0) is 20.9 Å². The van der Waals surface area contributed by atoms with Crippen molar-refractivity contribution < 1.29 is 19.1 Å². The number of hydrogen-bond acceptors (Lipinski definition) is 7. The number of allylic oxidation sites excluding steroid dienone is 1. The summed E-state index contributed by atoms with van der Waals surface area (Å²) in [6, 6.07) is 17.2. The van der Waals surface area contributed by atoms with E-state index >= 15 is 0 Å². The van der Waals surface area contributed by atoms with Crippen molar-refractivity contribution in [2.75, 3.05) is 19.7 Å². The summed E-state index contributed by atoms with van der Waals surface area (Å²) in [5.74, 6) is 0.332. The molecule has 1 amide bonds. The van der Waals surface area contributed by atoms with Gasteiger partial charge in [0.15, 0.2) is 5.17 Å². The highest BCUT2D eigenvalue weighted by Gasteiger charge is 2.41. The van der Waals surface area contributed by atoms with E-state index in [9.17, 15) is 9.59 Å². The average molecular weight is 520 g/mol. The number of carbonyl (C=O) groups excluding carboxylic acids is 2. The second-order valence-electron chi connectivity index (χ2n) is 8.70.